The first-order valence-electron chi connectivity index (χ1n) is 9.90. The molecule has 0 aromatic heterocycles. The summed E-state index contributed by atoms with van der Waals surface area (Å²) in [5.41, 5.74) is 1.67. The van der Waals surface area contributed by atoms with E-state index in [1.165, 1.54) is 0 Å². The van der Waals surface area contributed by atoms with Crippen molar-refractivity contribution in [3.63, 3.8) is 0 Å². The van der Waals surface area contributed by atoms with Crippen molar-refractivity contribution in [2.45, 2.75) is 31.9 Å². The minimum absolute atomic E-state index is 0.0558. The fourth-order valence-corrected chi connectivity index (χ4v) is 3.89. The van der Waals surface area contributed by atoms with Crippen LogP contribution in [0.4, 0.5) is 0 Å². The Morgan fingerprint density at radius 1 is 1.10 bits per heavy atom. The maximum absolute atomic E-state index is 12.2. The largest absolute Gasteiger partial charge is 0.481 e. The monoisotopic (exact) mass is 393 g/mol. The van der Waals surface area contributed by atoms with E-state index in [2.05, 4.69) is 16.7 Å². The van der Waals surface area contributed by atoms with Crippen LogP contribution in [0, 0.1) is 17.3 Å². The molecule has 5 heteroatoms. The summed E-state index contributed by atoms with van der Waals surface area (Å²) in [6.07, 6.45) is 0.321. The summed E-state index contributed by atoms with van der Waals surface area (Å²) in [7, 11) is 0. The van der Waals surface area contributed by atoms with E-state index in [1.54, 1.807) is 0 Å². The van der Waals surface area contributed by atoms with E-state index in [-0.39, 0.29) is 6.61 Å². The molecule has 1 fully saturated rings. The maximum atomic E-state index is 12.2. The van der Waals surface area contributed by atoms with Crippen molar-refractivity contribution >= 4 is 5.97 Å². The van der Waals surface area contributed by atoms with E-state index in [1.807, 2.05) is 54.6 Å². The molecule has 2 aromatic rings. The van der Waals surface area contributed by atoms with Crippen LogP contribution in [0.2, 0.25) is 0 Å². The van der Waals surface area contributed by atoms with Gasteiger partial charge in [-0.3, -0.25) is 9.69 Å². The molecule has 1 saturated heterocycles. The van der Waals surface area contributed by atoms with E-state index in [4.69, 9.17) is 5.11 Å². The van der Waals surface area contributed by atoms with E-state index in [0.717, 1.165) is 16.7 Å². The van der Waals surface area contributed by atoms with Gasteiger partial charge < -0.3 is 15.3 Å². The van der Waals surface area contributed by atoms with Crippen molar-refractivity contribution in [2.75, 3.05) is 19.7 Å². The molecule has 1 heterocycles. The van der Waals surface area contributed by atoms with Crippen LogP contribution in [-0.2, 0) is 17.8 Å². The zero-order chi connectivity index (χ0) is 20.7. The van der Waals surface area contributed by atoms with Gasteiger partial charge in [0.15, 0.2) is 0 Å². The molecule has 0 spiro atoms. The number of carboxylic acids is 1. The van der Waals surface area contributed by atoms with E-state index in [9.17, 15) is 15.0 Å². The highest BCUT2D eigenvalue weighted by molar-refractivity contribution is 5.76. The first kappa shape index (κ1) is 21.1. The summed E-state index contributed by atoms with van der Waals surface area (Å²) < 4.78 is 0. The molecule has 1 aliphatic rings. The summed E-state index contributed by atoms with van der Waals surface area (Å²) in [5, 5.41) is 29.5. The van der Waals surface area contributed by atoms with E-state index < -0.39 is 17.5 Å². The van der Waals surface area contributed by atoms with Gasteiger partial charge in [0.05, 0.1) is 12.7 Å². The van der Waals surface area contributed by atoms with Crippen molar-refractivity contribution < 1.29 is 20.1 Å². The van der Waals surface area contributed by atoms with Crippen LogP contribution in [0.15, 0.2) is 54.6 Å². The number of aliphatic hydroxyl groups is 2. The van der Waals surface area contributed by atoms with Crippen molar-refractivity contribution in [1.82, 2.24) is 4.90 Å². The van der Waals surface area contributed by atoms with Crippen LogP contribution in [-0.4, -0.2) is 52.0 Å². The molecule has 2 atom stereocenters. The summed E-state index contributed by atoms with van der Waals surface area (Å²) >= 11 is 0. The van der Waals surface area contributed by atoms with Gasteiger partial charge in [-0.05, 0) is 36.1 Å². The first-order valence-corrected chi connectivity index (χ1v) is 9.90. The predicted molar refractivity (Wildman–Crippen MR) is 111 cm³/mol. The Bertz CT molecular complexity index is 869. The average molecular weight is 393 g/mol. The molecule has 0 unspecified atom stereocenters. The Labute approximate surface area is 171 Å². The van der Waals surface area contributed by atoms with Gasteiger partial charge in [0, 0.05) is 31.6 Å². The zero-order valence-corrected chi connectivity index (χ0v) is 16.4. The average Bonchev–Trinajstić information content (AvgIpc) is 2.72. The SMILES string of the molecule is O=C(O)[C@]1(Cc2ccccc2)CN(Cc2ccc(C#CCCO)cc2)CC[C@@H]1O. The van der Waals surface area contributed by atoms with Gasteiger partial charge in [0.2, 0.25) is 0 Å². The van der Waals surface area contributed by atoms with Gasteiger partial charge in [-0.15, -0.1) is 0 Å². The molecule has 3 N–H and O–H groups in total. The maximum Gasteiger partial charge on any atom is 0.313 e. The Hall–Kier alpha value is -2.65. The highest BCUT2D eigenvalue weighted by atomic mass is 16.4. The van der Waals surface area contributed by atoms with Gasteiger partial charge in [-0.25, -0.2) is 0 Å². The Morgan fingerprint density at radius 2 is 1.83 bits per heavy atom. The first-order chi connectivity index (χ1) is 14.0. The molecule has 29 heavy (non-hydrogen) atoms. The van der Waals surface area contributed by atoms with Crippen LogP contribution in [0.25, 0.3) is 0 Å². The van der Waals surface area contributed by atoms with Gasteiger partial charge >= 0.3 is 5.97 Å². The van der Waals surface area contributed by atoms with Crippen molar-refractivity contribution in [1.29, 1.82) is 0 Å². The molecule has 1 aliphatic heterocycles. The van der Waals surface area contributed by atoms with E-state index >= 15 is 0 Å². The van der Waals surface area contributed by atoms with E-state index in [0.29, 0.717) is 38.9 Å². The molecule has 5 nitrogen and oxygen atoms in total. The van der Waals surface area contributed by atoms with Gasteiger partial charge in [0.1, 0.15) is 5.41 Å². The minimum Gasteiger partial charge on any atom is -0.481 e. The number of benzene rings is 2. The lowest BCUT2D eigenvalue weighted by Crippen LogP contribution is -2.56. The molecular formula is C24H27NO4. The smallest absolute Gasteiger partial charge is 0.313 e. The topological polar surface area (TPSA) is 81.0 Å². The molecule has 0 amide bonds. The third-order valence-electron chi connectivity index (χ3n) is 5.48. The lowest BCUT2D eigenvalue weighted by Gasteiger charge is -2.43. The summed E-state index contributed by atoms with van der Waals surface area (Å²) in [6.45, 7) is 1.64. The fraction of sp³-hybridized carbons (Fsp3) is 0.375. The number of hydrogen-bond acceptors (Lipinski definition) is 4. The number of likely N-dealkylation sites (tertiary alicyclic amines) is 1. The van der Waals surface area contributed by atoms with Gasteiger partial charge in [0.25, 0.3) is 0 Å². The third kappa shape index (κ3) is 5.24. The van der Waals surface area contributed by atoms with Crippen LogP contribution in [0.1, 0.15) is 29.5 Å². The quantitative estimate of drug-likeness (QED) is 0.656. The minimum atomic E-state index is -1.21. The standard InChI is InChI=1S/C24H27NO4/c26-15-5-4-6-19-9-11-21(12-10-19)17-25-14-13-22(27)24(18-25,23(28)29)16-20-7-2-1-3-8-20/h1-3,7-12,22,26-27H,5,13-18H2,(H,28,29)/t22-,24+/m0/s1. The molecule has 152 valence electrons. The Morgan fingerprint density at radius 3 is 2.48 bits per heavy atom. The zero-order valence-electron chi connectivity index (χ0n) is 16.4. The van der Waals surface area contributed by atoms with Crippen molar-refractivity contribution in [2.24, 2.45) is 5.41 Å². The lowest BCUT2D eigenvalue weighted by atomic mass is 9.72. The molecular weight excluding hydrogens is 366 g/mol. The number of carbonyl (C=O) groups is 1. The van der Waals surface area contributed by atoms with Gasteiger partial charge in [-0.1, -0.05) is 54.3 Å². The predicted octanol–water partition coefficient (Wildman–Crippen LogP) is 2.30. The number of nitrogens with zero attached hydrogens (tertiary/aromatic N) is 1. The number of aliphatic carboxylic acids is 1. The number of piperidine rings is 1. The lowest BCUT2D eigenvalue weighted by molar-refractivity contribution is -0.163. The van der Waals surface area contributed by atoms with Crippen LogP contribution in [0.3, 0.4) is 0 Å². The number of aliphatic hydroxyl groups excluding tert-OH is 2. The van der Waals surface area contributed by atoms with Gasteiger partial charge in [-0.2, -0.15) is 0 Å². The summed E-state index contributed by atoms with van der Waals surface area (Å²) in [5.74, 6) is 4.95. The Kier molecular flexibility index (Phi) is 7.05. The molecule has 3 rings (SSSR count). The highest BCUT2D eigenvalue weighted by Crippen LogP contribution is 2.35. The highest BCUT2D eigenvalue weighted by Gasteiger charge is 2.49. The number of rotatable bonds is 6. The molecule has 0 saturated carbocycles. The second kappa shape index (κ2) is 9.71. The Balaban J connectivity index is 1.72. The summed E-state index contributed by atoms with van der Waals surface area (Å²) in [4.78, 5) is 14.3. The van der Waals surface area contributed by atoms with Crippen LogP contribution in [0.5, 0.6) is 0 Å². The fourth-order valence-electron chi connectivity index (χ4n) is 3.89. The summed E-state index contributed by atoms with van der Waals surface area (Å²) in [6, 6.07) is 17.4. The third-order valence-corrected chi connectivity index (χ3v) is 5.48. The molecule has 2 aromatic carbocycles. The second-order valence-corrected chi connectivity index (χ2v) is 7.61. The number of hydrogen-bond donors (Lipinski definition) is 3. The number of carboxylic acid groups (broad SMARTS) is 1. The van der Waals surface area contributed by atoms with Crippen LogP contribution < -0.4 is 0 Å². The molecule has 0 aliphatic carbocycles. The van der Waals surface area contributed by atoms with Crippen LogP contribution >= 0.6 is 0 Å². The van der Waals surface area contributed by atoms with Crippen molar-refractivity contribution in [3.8, 4) is 11.8 Å². The second-order valence-electron chi connectivity index (χ2n) is 7.61. The normalized spacial score (nSPS) is 21.9. The molecule has 0 radical (unpaired) electrons. The van der Waals surface area contributed by atoms with Crippen molar-refractivity contribution in [3.05, 3.63) is 71.3 Å². The molecule has 0 bridgehead atoms.